The quantitative estimate of drug-likeness (QED) is 0.198. The molecule has 4 N–H and O–H groups in total. The second kappa shape index (κ2) is 8.07. The van der Waals surface area contributed by atoms with Crippen LogP contribution < -0.4 is 11.2 Å². The smallest absolute Gasteiger partial charge is 0.352 e. The van der Waals surface area contributed by atoms with Gasteiger partial charge < -0.3 is 19.4 Å². The lowest BCUT2D eigenvalue weighted by Crippen LogP contribution is -2.33. The van der Waals surface area contributed by atoms with Crippen LogP contribution in [-0.2, 0) is 22.7 Å². The Bertz CT molecular complexity index is 962. The summed E-state index contributed by atoms with van der Waals surface area (Å²) < 4.78 is 36.8. The number of ether oxygens (including phenoxy) is 1. The van der Waals surface area contributed by atoms with Crippen LogP contribution >= 0.6 is 15.6 Å². The van der Waals surface area contributed by atoms with Crippen molar-refractivity contribution < 1.29 is 37.4 Å². The van der Waals surface area contributed by atoms with E-state index >= 15 is 0 Å². The number of nitrogens with one attached hydrogen (secondary N) is 1. The first-order valence-electron chi connectivity index (χ1n) is 7.18. The van der Waals surface area contributed by atoms with Gasteiger partial charge in [-0.25, -0.2) is 13.9 Å². The summed E-state index contributed by atoms with van der Waals surface area (Å²) in [6.07, 6.45) is -0.918. The van der Waals surface area contributed by atoms with E-state index in [0.29, 0.717) is 0 Å². The molecule has 0 radical (unpaired) electrons. The van der Waals surface area contributed by atoms with Crippen LogP contribution in [0.4, 0.5) is 0 Å². The number of phosphoric acid groups is 2. The number of aromatic amines is 1. The van der Waals surface area contributed by atoms with E-state index in [1.54, 1.807) is 0 Å². The minimum Gasteiger partial charge on any atom is -0.352 e. The van der Waals surface area contributed by atoms with E-state index in [1.165, 1.54) is 13.1 Å². The molecule has 15 nitrogen and oxygen atoms in total. The zero-order valence-electron chi connectivity index (χ0n) is 13.6. The number of aryl methyl sites for hydroxylation is 1. The van der Waals surface area contributed by atoms with Crippen molar-refractivity contribution in [3.63, 3.8) is 0 Å². The van der Waals surface area contributed by atoms with E-state index in [2.05, 4.69) is 23.8 Å². The standard InChI is InChI=1S/C10H15N5O10P2/c1-5-3-15(10(17)12-9(5)16)8-2-6(13-14-11)7(24-8)4-23-27(21,22)25-26(18,19)20/h3,6-8H,2,4H2,1H3,(H,21,22)(H,12,16,17)(H2,18,19,20)/t6-,7+,8-/m1/s1. The molecule has 1 aromatic rings. The number of nitrogens with zero attached hydrogens (tertiary/aromatic N) is 4. The molecule has 150 valence electrons. The normalized spacial score (nSPS) is 25.0. The molecule has 27 heavy (non-hydrogen) atoms. The third-order valence-corrected chi connectivity index (χ3v) is 5.62. The van der Waals surface area contributed by atoms with Crippen molar-refractivity contribution in [2.24, 2.45) is 5.11 Å². The van der Waals surface area contributed by atoms with Gasteiger partial charge in [0.25, 0.3) is 5.56 Å². The summed E-state index contributed by atoms with van der Waals surface area (Å²) in [5, 5.41) is 3.45. The van der Waals surface area contributed by atoms with Gasteiger partial charge >= 0.3 is 21.3 Å². The van der Waals surface area contributed by atoms with Gasteiger partial charge in [-0.1, -0.05) is 5.11 Å². The highest BCUT2D eigenvalue weighted by molar-refractivity contribution is 7.60. The molecule has 0 saturated carbocycles. The average molecular weight is 427 g/mol. The first-order chi connectivity index (χ1) is 12.4. The maximum atomic E-state index is 11.9. The van der Waals surface area contributed by atoms with Crippen molar-refractivity contribution in [3.8, 4) is 0 Å². The fourth-order valence-electron chi connectivity index (χ4n) is 2.35. The highest BCUT2D eigenvalue weighted by Crippen LogP contribution is 2.57. The molecule has 1 unspecified atom stereocenters. The fourth-order valence-corrected chi connectivity index (χ4v) is 3.95. The SMILES string of the molecule is Cc1cn([C@H]2C[C@@H](N=[N+]=[N-])[C@H](COP(=O)(O)OP(=O)(O)O)O2)c(=O)[nH]c1=O. The molecule has 2 heterocycles. The predicted octanol–water partition coefficient (Wildman–Crippen LogP) is 0.0377. The molecule has 1 aliphatic rings. The van der Waals surface area contributed by atoms with Gasteiger partial charge in [0.2, 0.25) is 0 Å². The highest BCUT2D eigenvalue weighted by Gasteiger charge is 2.39. The van der Waals surface area contributed by atoms with Gasteiger partial charge in [0.05, 0.1) is 18.8 Å². The van der Waals surface area contributed by atoms with Crippen LogP contribution in [0.3, 0.4) is 0 Å². The van der Waals surface area contributed by atoms with Crippen LogP contribution in [0.2, 0.25) is 0 Å². The monoisotopic (exact) mass is 427 g/mol. The minimum absolute atomic E-state index is 0.0292. The Labute approximate surface area is 150 Å². The number of hydrogen-bond donors (Lipinski definition) is 4. The number of H-pyrrole nitrogens is 1. The Morgan fingerprint density at radius 3 is 2.70 bits per heavy atom. The minimum atomic E-state index is -5.29. The molecule has 0 spiro atoms. The lowest BCUT2D eigenvalue weighted by atomic mass is 10.1. The number of aromatic nitrogens is 2. The van der Waals surface area contributed by atoms with Crippen LogP contribution in [0.1, 0.15) is 18.2 Å². The maximum Gasteiger partial charge on any atom is 0.481 e. The third-order valence-electron chi connectivity index (χ3n) is 3.47. The average Bonchev–Trinajstić information content (AvgIpc) is 2.90. The number of rotatable bonds is 7. The molecule has 4 atom stereocenters. The van der Waals surface area contributed by atoms with Crippen molar-refractivity contribution in [3.05, 3.63) is 43.0 Å². The Morgan fingerprint density at radius 1 is 1.44 bits per heavy atom. The van der Waals surface area contributed by atoms with Crippen molar-refractivity contribution >= 4 is 15.6 Å². The van der Waals surface area contributed by atoms with Gasteiger partial charge in [0, 0.05) is 23.1 Å². The van der Waals surface area contributed by atoms with E-state index in [4.69, 9.17) is 20.1 Å². The van der Waals surface area contributed by atoms with E-state index in [9.17, 15) is 23.6 Å². The summed E-state index contributed by atoms with van der Waals surface area (Å²) >= 11 is 0. The number of hydrogen-bond acceptors (Lipinski definition) is 8. The molecule has 1 aliphatic heterocycles. The summed E-state index contributed by atoms with van der Waals surface area (Å²) in [7, 11) is -10.4. The molecule has 1 aromatic heterocycles. The second-order valence-corrected chi connectivity index (χ2v) is 8.28. The number of azide groups is 1. The van der Waals surface area contributed by atoms with Gasteiger partial charge in [0.15, 0.2) is 0 Å². The molecule has 17 heteroatoms. The van der Waals surface area contributed by atoms with E-state index in [-0.39, 0.29) is 12.0 Å². The molecular formula is C10H15N5O10P2. The first-order valence-corrected chi connectivity index (χ1v) is 10.2. The zero-order valence-corrected chi connectivity index (χ0v) is 15.4. The maximum absolute atomic E-state index is 11.9. The summed E-state index contributed by atoms with van der Waals surface area (Å²) in [4.78, 5) is 54.5. The van der Waals surface area contributed by atoms with Gasteiger partial charge in [-0.15, -0.1) is 0 Å². The van der Waals surface area contributed by atoms with Crippen LogP contribution in [0.25, 0.3) is 10.4 Å². The molecular weight excluding hydrogens is 412 g/mol. The van der Waals surface area contributed by atoms with Gasteiger partial charge in [-0.2, -0.15) is 4.31 Å². The molecule has 0 bridgehead atoms. The van der Waals surface area contributed by atoms with Crippen molar-refractivity contribution in [2.75, 3.05) is 6.61 Å². The lowest BCUT2D eigenvalue weighted by molar-refractivity contribution is -0.0267. The Morgan fingerprint density at radius 2 is 2.11 bits per heavy atom. The molecule has 1 fully saturated rings. The van der Waals surface area contributed by atoms with Crippen molar-refractivity contribution in [1.29, 1.82) is 0 Å². The zero-order chi connectivity index (χ0) is 20.4. The molecule has 1 saturated heterocycles. The summed E-state index contributed by atoms with van der Waals surface area (Å²) in [6.45, 7) is 0.724. The second-order valence-electron chi connectivity index (χ2n) is 5.45. The van der Waals surface area contributed by atoms with E-state index in [1.807, 2.05) is 0 Å². The molecule has 0 aliphatic carbocycles. The summed E-state index contributed by atoms with van der Waals surface area (Å²) in [6, 6.07) is -0.936. The Balaban J connectivity index is 2.18. The van der Waals surface area contributed by atoms with E-state index in [0.717, 1.165) is 4.57 Å². The van der Waals surface area contributed by atoms with Gasteiger partial charge in [0.1, 0.15) is 6.23 Å². The molecule has 2 rings (SSSR count). The number of phosphoric ester groups is 1. The van der Waals surface area contributed by atoms with Gasteiger partial charge in [-0.05, 0) is 12.5 Å². The van der Waals surface area contributed by atoms with Gasteiger partial charge in [-0.3, -0.25) is 18.9 Å². The van der Waals surface area contributed by atoms with Crippen LogP contribution in [-0.4, -0.2) is 43.0 Å². The van der Waals surface area contributed by atoms with E-state index < -0.39 is 51.9 Å². The Hall–Kier alpha value is -1.79. The fraction of sp³-hybridized carbons (Fsp3) is 0.600. The predicted molar refractivity (Wildman–Crippen MR) is 86.4 cm³/mol. The van der Waals surface area contributed by atoms with Crippen LogP contribution in [0.5, 0.6) is 0 Å². The largest absolute Gasteiger partial charge is 0.481 e. The van der Waals surface area contributed by atoms with Crippen molar-refractivity contribution in [2.45, 2.75) is 31.7 Å². The van der Waals surface area contributed by atoms with Crippen LogP contribution in [0.15, 0.2) is 20.9 Å². The highest BCUT2D eigenvalue weighted by atomic mass is 31.3. The molecule has 0 amide bonds. The molecule has 0 aromatic carbocycles. The summed E-state index contributed by atoms with van der Waals surface area (Å²) in [5.74, 6) is 0. The summed E-state index contributed by atoms with van der Waals surface area (Å²) in [5.41, 5.74) is 7.48. The van der Waals surface area contributed by atoms with Crippen molar-refractivity contribution in [1.82, 2.24) is 9.55 Å². The topological polar surface area (TPSA) is 226 Å². The lowest BCUT2D eigenvalue weighted by Gasteiger charge is -2.18. The first kappa shape index (κ1) is 21.5. The van der Waals surface area contributed by atoms with Crippen LogP contribution in [0, 0.1) is 6.92 Å². The third kappa shape index (κ3) is 5.84. The Kier molecular flexibility index (Phi) is 6.43.